The molecule has 1 heterocycles. The van der Waals surface area contributed by atoms with Gasteiger partial charge in [-0.15, -0.1) is 0 Å². The maximum Gasteiger partial charge on any atom is 0.227 e. The minimum atomic E-state index is -0.0475. The summed E-state index contributed by atoms with van der Waals surface area (Å²) >= 11 is 0. The van der Waals surface area contributed by atoms with Gasteiger partial charge in [0.15, 0.2) is 0 Å². The highest BCUT2D eigenvalue weighted by Crippen LogP contribution is 2.28. The van der Waals surface area contributed by atoms with Gasteiger partial charge in [-0.1, -0.05) is 17.7 Å². The molecule has 1 amide bonds. The first-order valence-electron chi connectivity index (χ1n) is 5.86. The van der Waals surface area contributed by atoms with E-state index in [9.17, 15) is 9.90 Å². The number of amides is 1. The lowest BCUT2D eigenvalue weighted by molar-refractivity contribution is -0.117. The second kappa shape index (κ2) is 4.85. The summed E-state index contributed by atoms with van der Waals surface area (Å²) in [5.74, 6) is 0.328. The van der Waals surface area contributed by atoms with Crippen LogP contribution in [-0.4, -0.2) is 24.1 Å². The first-order chi connectivity index (χ1) is 8.15. The summed E-state index contributed by atoms with van der Waals surface area (Å²) < 4.78 is 0. The molecule has 1 aliphatic rings. The van der Waals surface area contributed by atoms with Crippen LogP contribution in [0.25, 0.3) is 0 Å². The highest BCUT2D eigenvalue weighted by Gasteiger charge is 2.30. The zero-order chi connectivity index (χ0) is 12.4. The summed E-state index contributed by atoms with van der Waals surface area (Å²) in [4.78, 5) is 13.6. The second-order valence-corrected chi connectivity index (χ2v) is 4.60. The van der Waals surface area contributed by atoms with Crippen LogP contribution in [0, 0.1) is 12.8 Å². The van der Waals surface area contributed by atoms with E-state index in [0.29, 0.717) is 19.5 Å². The number of aryl methyl sites for hydroxylation is 1. The van der Waals surface area contributed by atoms with Crippen LogP contribution in [0.3, 0.4) is 0 Å². The molecule has 4 nitrogen and oxygen atoms in total. The normalized spacial score (nSPS) is 20.1. The molecule has 1 atom stereocenters. The molecule has 2 rings (SSSR count). The fourth-order valence-corrected chi connectivity index (χ4v) is 2.28. The van der Waals surface area contributed by atoms with Gasteiger partial charge in [0.05, 0.1) is 6.61 Å². The predicted molar refractivity (Wildman–Crippen MR) is 66.6 cm³/mol. The third-order valence-electron chi connectivity index (χ3n) is 3.23. The second-order valence-electron chi connectivity index (χ2n) is 4.60. The number of carbonyl (C=O) groups is 1. The van der Waals surface area contributed by atoms with Gasteiger partial charge in [0, 0.05) is 24.2 Å². The highest BCUT2D eigenvalue weighted by molar-refractivity contribution is 5.96. The van der Waals surface area contributed by atoms with E-state index in [2.05, 4.69) is 0 Å². The van der Waals surface area contributed by atoms with Crippen LogP contribution in [0.15, 0.2) is 18.2 Å². The summed E-state index contributed by atoms with van der Waals surface area (Å²) in [7, 11) is 0. The van der Waals surface area contributed by atoms with Crippen molar-refractivity contribution >= 4 is 11.6 Å². The summed E-state index contributed by atoms with van der Waals surface area (Å²) in [6.07, 6.45) is 0.509. The number of rotatable bonds is 3. The number of nitrogens with zero attached hydrogens (tertiary/aromatic N) is 1. The maximum atomic E-state index is 11.9. The Morgan fingerprint density at radius 1 is 1.53 bits per heavy atom. The average molecular weight is 234 g/mol. The molecule has 17 heavy (non-hydrogen) atoms. The standard InChI is InChI=1S/C13H18N2O2/c1-9-2-3-12(11(4-9)8-16)15-7-10(6-14)5-13(15)17/h2-4,10,16H,5-8,14H2,1H3. The number of hydrogen-bond acceptors (Lipinski definition) is 3. The minimum Gasteiger partial charge on any atom is -0.392 e. The smallest absolute Gasteiger partial charge is 0.227 e. The molecule has 0 aliphatic carbocycles. The van der Waals surface area contributed by atoms with Gasteiger partial charge in [-0.25, -0.2) is 0 Å². The lowest BCUT2D eigenvalue weighted by atomic mass is 10.1. The topological polar surface area (TPSA) is 66.6 Å². The number of nitrogens with two attached hydrogens (primary N) is 1. The molecule has 0 spiro atoms. The molecule has 4 heteroatoms. The molecule has 0 aromatic heterocycles. The molecule has 1 fully saturated rings. The van der Waals surface area contributed by atoms with Crippen molar-refractivity contribution < 1.29 is 9.90 Å². The Balaban J connectivity index is 2.31. The van der Waals surface area contributed by atoms with E-state index in [1.807, 2.05) is 25.1 Å². The Kier molecular flexibility index (Phi) is 3.45. The van der Waals surface area contributed by atoms with Gasteiger partial charge >= 0.3 is 0 Å². The van der Waals surface area contributed by atoms with Crippen molar-refractivity contribution in [2.24, 2.45) is 11.7 Å². The van der Waals surface area contributed by atoms with E-state index in [1.165, 1.54) is 0 Å². The van der Waals surface area contributed by atoms with Crippen LogP contribution in [0.5, 0.6) is 0 Å². The van der Waals surface area contributed by atoms with Gasteiger partial charge in [-0.2, -0.15) is 0 Å². The molecule has 1 aliphatic heterocycles. The number of carbonyl (C=O) groups excluding carboxylic acids is 1. The number of benzene rings is 1. The molecule has 1 saturated heterocycles. The Morgan fingerprint density at radius 3 is 2.88 bits per heavy atom. The van der Waals surface area contributed by atoms with Gasteiger partial charge in [0.1, 0.15) is 0 Å². The SMILES string of the molecule is Cc1ccc(N2CC(CN)CC2=O)c(CO)c1. The molecular weight excluding hydrogens is 216 g/mol. The monoisotopic (exact) mass is 234 g/mol. The van der Waals surface area contributed by atoms with E-state index in [1.54, 1.807) is 4.90 Å². The van der Waals surface area contributed by atoms with Crippen molar-refractivity contribution in [3.8, 4) is 0 Å². The number of hydrogen-bond donors (Lipinski definition) is 2. The first kappa shape index (κ1) is 12.1. The molecular formula is C13H18N2O2. The van der Waals surface area contributed by atoms with Crippen molar-refractivity contribution in [3.63, 3.8) is 0 Å². The Morgan fingerprint density at radius 2 is 2.29 bits per heavy atom. The number of anilines is 1. The lowest BCUT2D eigenvalue weighted by Crippen LogP contribution is -2.26. The molecule has 92 valence electrons. The third kappa shape index (κ3) is 2.33. The van der Waals surface area contributed by atoms with Crippen molar-refractivity contribution in [1.29, 1.82) is 0 Å². The van der Waals surface area contributed by atoms with E-state index >= 15 is 0 Å². The third-order valence-corrected chi connectivity index (χ3v) is 3.23. The molecule has 0 saturated carbocycles. The summed E-state index contributed by atoms with van der Waals surface area (Å²) in [6.45, 7) is 3.11. The van der Waals surface area contributed by atoms with Gasteiger partial charge in [-0.05, 0) is 25.5 Å². The fraction of sp³-hybridized carbons (Fsp3) is 0.462. The quantitative estimate of drug-likeness (QED) is 0.813. The zero-order valence-corrected chi connectivity index (χ0v) is 10.0. The maximum absolute atomic E-state index is 11.9. The Hall–Kier alpha value is -1.39. The average Bonchev–Trinajstić information content (AvgIpc) is 2.70. The van der Waals surface area contributed by atoms with Crippen molar-refractivity contribution in [2.45, 2.75) is 20.0 Å². The fourth-order valence-electron chi connectivity index (χ4n) is 2.28. The van der Waals surface area contributed by atoms with Crippen molar-refractivity contribution in [2.75, 3.05) is 18.0 Å². The zero-order valence-electron chi connectivity index (χ0n) is 10.0. The van der Waals surface area contributed by atoms with E-state index < -0.39 is 0 Å². The molecule has 1 unspecified atom stereocenters. The largest absolute Gasteiger partial charge is 0.392 e. The molecule has 1 aromatic rings. The van der Waals surface area contributed by atoms with Crippen LogP contribution in [-0.2, 0) is 11.4 Å². The summed E-state index contributed by atoms with van der Waals surface area (Å²) in [5.41, 5.74) is 8.31. The number of aliphatic hydroxyl groups excluding tert-OH is 1. The van der Waals surface area contributed by atoms with Crippen LogP contribution >= 0.6 is 0 Å². The molecule has 1 aromatic carbocycles. The molecule has 0 radical (unpaired) electrons. The van der Waals surface area contributed by atoms with Crippen molar-refractivity contribution in [1.82, 2.24) is 0 Å². The Bertz CT molecular complexity index is 431. The first-order valence-corrected chi connectivity index (χ1v) is 5.86. The van der Waals surface area contributed by atoms with Gasteiger partial charge in [0.2, 0.25) is 5.91 Å². The number of aliphatic hydroxyl groups is 1. The van der Waals surface area contributed by atoms with Crippen LogP contribution < -0.4 is 10.6 Å². The van der Waals surface area contributed by atoms with Crippen LogP contribution in [0.2, 0.25) is 0 Å². The van der Waals surface area contributed by atoms with Gasteiger partial charge in [-0.3, -0.25) is 4.79 Å². The lowest BCUT2D eigenvalue weighted by Gasteiger charge is -2.20. The predicted octanol–water partition coefficient (Wildman–Crippen LogP) is 0.799. The van der Waals surface area contributed by atoms with Crippen molar-refractivity contribution in [3.05, 3.63) is 29.3 Å². The van der Waals surface area contributed by atoms with E-state index in [4.69, 9.17) is 5.73 Å². The van der Waals surface area contributed by atoms with Gasteiger partial charge < -0.3 is 15.7 Å². The van der Waals surface area contributed by atoms with Crippen LogP contribution in [0.1, 0.15) is 17.5 Å². The highest BCUT2D eigenvalue weighted by atomic mass is 16.3. The summed E-state index contributed by atoms with van der Waals surface area (Å²) in [6, 6.07) is 5.77. The Labute approximate surface area is 101 Å². The van der Waals surface area contributed by atoms with Gasteiger partial charge in [0.25, 0.3) is 0 Å². The van der Waals surface area contributed by atoms with E-state index in [-0.39, 0.29) is 18.4 Å². The summed E-state index contributed by atoms with van der Waals surface area (Å²) in [5, 5.41) is 9.35. The molecule has 0 bridgehead atoms. The van der Waals surface area contributed by atoms with E-state index in [0.717, 1.165) is 16.8 Å². The van der Waals surface area contributed by atoms with Crippen LogP contribution in [0.4, 0.5) is 5.69 Å². The molecule has 3 N–H and O–H groups in total. The minimum absolute atomic E-state index is 0.0475.